The highest BCUT2D eigenvalue weighted by molar-refractivity contribution is 7.00. The molecule has 1 N–H and O–H groups in total. The molecule has 10 aromatic rings. The summed E-state index contributed by atoms with van der Waals surface area (Å²) in [5.41, 5.74) is 17.3. The largest absolute Gasteiger partial charge is 0.384 e. The zero-order chi connectivity index (χ0) is 49.3. The summed E-state index contributed by atoms with van der Waals surface area (Å²) in [6.45, 7) is 13.1. The molecule has 0 aliphatic carbocycles. The standard InChI is InChI=1S/C64H56N4O2S/c1-63(2,3)49-29-17-45(18-30-49)61(69)47-25-37-55(38-26-47)67(51-13-9-7-10-14-51)53-33-21-43(22-34-53)57-41-42-58(60-59(57)65-71-66-60)44-23-35-54(36-24-44)68(52-15-11-8-12-16-52)56-39-27-48(28-40-56)62(70)46-19-31-50(32-20-46)64(4,5)6/h7-42,61,69H,1-6H3. The lowest BCUT2D eigenvalue weighted by molar-refractivity contribution is 0.103. The maximum absolute atomic E-state index is 13.6. The number of anilines is 6. The number of hydrogen-bond acceptors (Lipinski definition) is 7. The number of aromatic nitrogens is 2. The minimum Gasteiger partial charge on any atom is -0.384 e. The average Bonchev–Trinajstić information content (AvgIpc) is 3.90. The number of aliphatic hydroxyl groups excluding tert-OH is 1. The number of ketones is 1. The zero-order valence-corrected chi connectivity index (χ0v) is 41.7. The number of carbonyl (C=O) groups excluding carboxylic acids is 1. The monoisotopic (exact) mass is 944 g/mol. The highest BCUT2D eigenvalue weighted by Gasteiger charge is 2.21. The van der Waals surface area contributed by atoms with Crippen molar-refractivity contribution in [1.29, 1.82) is 0 Å². The predicted molar refractivity (Wildman–Crippen MR) is 295 cm³/mol. The van der Waals surface area contributed by atoms with E-state index >= 15 is 0 Å². The third-order valence-electron chi connectivity index (χ3n) is 13.3. The van der Waals surface area contributed by atoms with Gasteiger partial charge in [-0.25, -0.2) is 0 Å². The first-order valence-electron chi connectivity index (χ1n) is 24.1. The van der Waals surface area contributed by atoms with Crippen LogP contribution in [0.4, 0.5) is 34.1 Å². The average molecular weight is 945 g/mol. The van der Waals surface area contributed by atoms with Crippen LogP contribution < -0.4 is 9.80 Å². The molecule has 1 atom stereocenters. The molecule has 0 saturated heterocycles. The van der Waals surface area contributed by atoms with Gasteiger partial charge in [-0.1, -0.05) is 175 Å². The number of aliphatic hydroxyl groups is 1. The van der Waals surface area contributed by atoms with Crippen LogP contribution in [0.2, 0.25) is 0 Å². The molecule has 1 unspecified atom stereocenters. The molecule has 71 heavy (non-hydrogen) atoms. The Bertz CT molecular complexity index is 3410. The second-order valence-corrected chi connectivity index (χ2v) is 20.7. The number of benzene rings is 9. The van der Waals surface area contributed by atoms with Gasteiger partial charge in [0, 0.05) is 56.4 Å². The molecule has 0 aliphatic rings. The number of rotatable bonds is 12. The number of hydrogen-bond donors (Lipinski definition) is 1. The van der Waals surface area contributed by atoms with Crippen LogP contribution in [0.1, 0.15) is 85.8 Å². The minimum absolute atomic E-state index is 0.00219. The molecule has 0 spiro atoms. The molecular weight excluding hydrogens is 889 g/mol. The molecule has 0 bridgehead atoms. The summed E-state index contributed by atoms with van der Waals surface area (Å²) in [5.74, 6) is 0.00219. The normalized spacial score (nSPS) is 12.2. The van der Waals surface area contributed by atoms with Gasteiger partial charge < -0.3 is 14.9 Å². The van der Waals surface area contributed by atoms with Gasteiger partial charge in [0.05, 0.1) is 11.7 Å². The Balaban J connectivity index is 0.897. The summed E-state index contributed by atoms with van der Waals surface area (Å²) in [7, 11) is 0. The van der Waals surface area contributed by atoms with E-state index in [-0.39, 0.29) is 16.6 Å². The van der Waals surface area contributed by atoms with Crippen molar-refractivity contribution in [3.63, 3.8) is 0 Å². The van der Waals surface area contributed by atoms with E-state index in [1.807, 2.05) is 97.1 Å². The summed E-state index contributed by atoms with van der Waals surface area (Å²) in [5, 5.41) is 11.4. The maximum atomic E-state index is 13.6. The van der Waals surface area contributed by atoms with Crippen LogP contribution in [0.3, 0.4) is 0 Å². The summed E-state index contributed by atoms with van der Waals surface area (Å²) in [6, 6.07) is 74.4. The first kappa shape index (κ1) is 46.7. The molecule has 0 radical (unpaired) electrons. The predicted octanol–water partition coefficient (Wildman–Crippen LogP) is 16.9. The van der Waals surface area contributed by atoms with Gasteiger partial charge in [-0.15, -0.1) is 0 Å². The lowest BCUT2D eigenvalue weighted by atomic mass is 9.86. The quantitative estimate of drug-likeness (QED) is 0.123. The van der Waals surface area contributed by atoms with Gasteiger partial charge in [0.1, 0.15) is 17.1 Å². The highest BCUT2D eigenvalue weighted by Crippen LogP contribution is 2.41. The first-order valence-corrected chi connectivity index (χ1v) is 24.8. The minimum atomic E-state index is -0.729. The van der Waals surface area contributed by atoms with Gasteiger partial charge in [0.25, 0.3) is 0 Å². The molecule has 6 nitrogen and oxygen atoms in total. The first-order chi connectivity index (χ1) is 34.3. The Morgan fingerprint density at radius 2 is 0.718 bits per heavy atom. The zero-order valence-electron chi connectivity index (χ0n) is 40.9. The maximum Gasteiger partial charge on any atom is 0.193 e. The number of fused-ring (bicyclic) bond motifs is 1. The van der Waals surface area contributed by atoms with E-state index in [1.165, 1.54) is 22.9 Å². The van der Waals surface area contributed by atoms with Crippen molar-refractivity contribution >= 4 is 62.7 Å². The van der Waals surface area contributed by atoms with Crippen molar-refractivity contribution in [3.05, 3.63) is 252 Å². The van der Waals surface area contributed by atoms with Crippen LogP contribution in [0.25, 0.3) is 33.3 Å². The molecule has 1 heterocycles. The second kappa shape index (κ2) is 19.4. The van der Waals surface area contributed by atoms with Crippen molar-refractivity contribution in [2.24, 2.45) is 0 Å². The second-order valence-electron chi connectivity index (χ2n) is 20.1. The topological polar surface area (TPSA) is 69.6 Å². The van der Waals surface area contributed by atoms with Gasteiger partial charge in [0.2, 0.25) is 0 Å². The van der Waals surface area contributed by atoms with E-state index in [9.17, 15) is 9.90 Å². The molecule has 9 aromatic carbocycles. The van der Waals surface area contributed by atoms with Crippen LogP contribution in [-0.4, -0.2) is 19.6 Å². The smallest absolute Gasteiger partial charge is 0.193 e. The number of nitrogens with zero attached hydrogens (tertiary/aromatic N) is 4. The lowest BCUT2D eigenvalue weighted by Crippen LogP contribution is -2.12. The van der Waals surface area contributed by atoms with Crippen LogP contribution in [-0.2, 0) is 10.8 Å². The molecule has 0 amide bonds. The molecule has 10 rings (SSSR count). The fraction of sp³-hybridized carbons (Fsp3) is 0.141. The van der Waals surface area contributed by atoms with E-state index in [2.05, 4.69) is 173 Å². The molecule has 0 fully saturated rings. The van der Waals surface area contributed by atoms with Crippen LogP contribution in [0.5, 0.6) is 0 Å². The molecular formula is C64H56N4O2S. The molecule has 0 saturated carbocycles. The van der Waals surface area contributed by atoms with Gasteiger partial charge in [-0.3, -0.25) is 4.79 Å². The Morgan fingerprint density at radius 3 is 1.10 bits per heavy atom. The SMILES string of the molecule is CC(C)(C)c1ccc(C(=O)c2ccc(N(c3ccccc3)c3ccc(-c4ccc(-c5ccc(N(c6ccccc6)c6ccc(C(O)c7ccc(C(C)(C)C)cc7)cc6)cc5)c5nsnc45)cc3)cc2)cc1. The van der Waals surface area contributed by atoms with Crippen LogP contribution in [0.15, 0.2) is 218 Å². The van der Waals surface area contributed by atoms with Gasteiger partial charge >= 0.3 is 0 Å². The van der Waals surface area contributed by atoms with E-state index in [4.69, 9.17) is 8.75 Å². The van der Waals surface area contributed by atoms with Crippen LogP contribution >= 0.6 is 11.7 Å². The van der Waals surface area contributed by atoms with Crippen molar-refractivity contribution < 1.29 is 9.90 Å². The summed E-state index contributed by atoms with van der Waals surface area (Å²) in [6.07, 6.45) is -0.729. The van der Waals surface area contributed by atoms with E-state index in [0.717, 1.165) is 78.5 Å². The molecule has 350 valence electrons. The van der Waals surface area contributed by atoms with E-state index in [1.54, 1.807) is 0 Å². The summed E-state index contributed by atoms with van der Waals surface area (Å²) < 4.78 is 9.67. The van der Waals surface area contributed by atoms with E-state index in [0.29, 0.717) is 11.1 Å². The fourth-order valence-corrected chi connectivity index (χ4v) is 9.75. The van der Waals surface area contributed by atoms with Crippen molar-refractivity contribution in [3.8, 4) is 22.3 Å². The van der Waals surface area contributed by atoms with Gasteiger partial charge in [-0.2, -0.15) is 8.75 Å². The third-order valence-corrected chi connectivity index (χ3v) is 13.8. The molecule has 7 heteroatoms. The van der Waals surface area contributed by atoms with Gasteiger partial charge in [-0.05, 0) is 129 Å². The van der Waals surface area contributed by atoms with Crippen molar-refractivity contribution in [1.82, 2.24) is 8.75 Å². The Morgan fingerprint density at radius 1 is 0.408 bits per heavy atom. The Kier molecular flexibility index (Phi) is 12.8. The van der Waals surface area contributed by atoms with Crippen LogP contribution in [0, 0.1) is 0 Å². The fourth-order valence-electron chi connectivity index (χ4n) is 9.17. The van der Waals surface area contributed by atoms with Gasteiger partial charge in [0.15, 0.2) is 5.78 Å². The molecule has 1 aromatic heterocycles. The molecule has 0 aliphatic heterocycles. The van der Waals surface area contributed by atoms with Crippen molar-refractivity contribution in [2.75, 3.05) is 9.80 Å². The van der Waals surface area contributed by atoms with E-state index < -0.39 is 6.10 Å². The lowest BCUT2D eigenvalue weighted by Gasteiger charge is -2.26. The summed E-state index contributed by atoms with van der Waals surface area (Å²) >= 11 is 1.22. The number of para-hydroxylation sites is 2. The Hall–Kier alpha value is -7.97. The van der Waals surface area contributed by atoms with Crippen molar-refractivity contribution in [2.45, 2.75) is 58.5 Å². The Labute approximate surface area is 421 Å². The highest BCUT2D eigenvalue weighted by atomic mass is 32.1. The third kappa shape index (κ3) is 9.80. The number of carbonyl (C=O) groups is 1. The summed E-state index contributed by atoms with van der Waals surface area (Å²) in [4.78, 5) is 18.0.